The Balaban J connectivity index is 2.38. The van der Waals surface area contributed by atoms with E-state index in [0.717, 1.165) is 16.6 Å². The van der Waals surface area contributed by atoms with E-state index < -0.39 is 0 Å². The monoisotopic (exact) mass is 206 g/mol. The van der Waals surface area contributed by atoms with Crippen LogP contribution in [0.3, 0.4) is 0 Å². The third-order valence-corrected chi connectivity index (χ3v) is 2.30. The summed E-state index contributed by atoms with van der Waals surface area (Å²) in [5, 5.41) is 0. The van der Waals surface area contributed by atoms with Gasteiger partial charge in [-0.25, -0.2) is 4.98 Å². The van der Waals surface area contributed by atoms with Crippen molar-refractivity contribution in [3.8, 4) is 0 Å². The molecule has 0 bridgehead atoms. The maximum atomic E-state index is 11.5. The number of aromatic nitrogens is 2. The predicted octanol–water partition coefficient (Wildman–Crippen LogP) is 2.07. The first kappa shape index (κ1) is 9.27. The molecule has 2 aromatic rings. The molecular weight excluding hydrogens is 196 g/mol. The highest BCUT2D eigenvalue weighted by Crippen LogP contribution is 2.13. The minimum Gasteiger partial charge on any atom is -0.345 e. The number of nitrogens with one attached hydrogen (secondary N) is 1. The molecule has 1 aromatic carbocycles. The zero-order chi connectivity index (χ0) is 9.97. The standard InChI is InChI=1S/C10H10N2OS/c13-10(3-4-14)7-1-2-8-9(5-7)12-6-11-8/h1-2,5-6,14H,3-4H2,(H,11,12). The average molecular weight is 206 g/mol. The molecule has 0 saturated carbocycles. The van der Waals surface area contributed by atoms with E-state index in [2.05, 4.69) is 22.6 Å². The summed E-state index contributed by atoms with van der Waals surface area (Å²) in [6.07, 6.45) is 2.10. The molecule has 72 valence electrons. The number of H-pyrrole nitrogens is 1. The van der Waals surface area contributed by atoms with Gasteiger partial charge in [0.05, 0.1) is 17.4 Å². The molecule has 2 rings (SSSR count). The van der Waals surface area contributed by atoms with Crippen LogP contribution in [0.2, 0.25) is 0 Å². The lowest BCUT2D eigenvalue weighted by Crippen LogP contribution is -1.99. The average Bonchev–Trinajstić information content (AvgIpc) is 2.64. The molecule has 0 aliphatic carbocycles. The zero-order valence-electron chi connectivity index (χ0n) is 7.53. The number of Topliss-reactive ketones (excluding diaryl/α,β-unsaturated/α-hetero) is 1. The Hall–Kier alpha value is -1.29. The van der Waals surface area contributed by atoms with E-state index >= 15 is 0 Å². The number of thiol groups is 1. The van der Waals surface area contributed by atoms with Crippen molar-refractivity contribution in [2.24, 2.45) is 0 Å². The second-order valence-corrected chi connectivity index (χ2v) is 3.48. The molecule has 14 heavy (non-hydrogen) atoms. The topological polar surface area (TPSA) is 45.8 Å². The van der Waals surface area contributed by atoms with E-state index in [-0.39, 0.29) is 5.78 Å². The molecule has 0 amide bonds. The summed E-state index contributed by atoms with van der Waals surface area (Å²) in [4.78, 5) is 18.6. The van der Waals surface area contributed by atoms with E-state index in [1.165, 1.54) is 0 Å². The molecule has 0 aliphatic rings. The SMILES string of the molecule is O=C(CCS)c1ccc2nc[nH]c2c1. The second-order valence-electron chi connectivity index (χ2n) is 3.03. The van der Waals surface area contributed by atoms with Crippen LogP contribution in [0.5, 0.6) is 0 Å². The number of carbonyl (C=O) groups excluding carboxylic acids is 1. The fourth-order valence-electron chi connectivity index (χ4n) is 1.35. The van der Waals surface area contributed by atoms with Gasteiger partial charge < -0.3 is 4.98 Å². The van der Waals surface area contributed by atoms with E-state index in [4.69, 9.17) is 0 Å². The molecule has 0 saturated heterocycles. The molecule has 0 fully saturated rings. The van der Waals surface area contributed by atoms with Crippen molar-refractivity contribution < 1.29 is 4.79 Å². The van der Waals surface area contributed by atoms with E-state index in [1.807, 2.05) is 12.1 Å². The Labute approximate surface area is 87.0 Å². The van der Waals surface area contributed by atoms with Crippen molar-refractivity contribution in [3.63, 3.8) is 0 Å². The van der Waals surface area contributed by atoms with Crippen LogP contribution in [0.25, 0.3) is 11.0 Å². The Bertz CT molecular complexity index is 464. The molecule has 1 aromatic heterocycles. The van der Waals surface area contributed by atoms with Gasteiger partial charge >= 0.3 is 0 Å². The summed E-state index contributed by atoms with van der Waals surface area (Å²) in [5.74, 6) is 0.705. The quantitative estimate of drug-likeness (QED) is 0.596. The first-order valence-electron chi connectivity index (χ1n) is 4.38. The normalized spacial score (nSPS) is 10.6. The molecule has 0 unspecified atom stereocenters. The van der Waals surface area contributed by atoms with Crippen LogP contribution < -0.4 is 0 Å². The summed E-state index contributed by atoms with van der Waals surface area (Å²) in [7, 11) is 0. The first-order valence-corrected chi connectivity index (χ1v) is 5.01. The summed E-state index contributed by atoms with van der Waals surface area (Å²) < 4.78 is 0. The Morgan fingerprint density at radius 2 is 2.36 bits per heavy atom. The van der Waals surface area contributed by atoms with Gasteiger partial charge in [-0.3, -0.25) is 4.79 Å². The van der Waals surface area contributed by atoms with Gasteiger partial charge in [0.15, 0.2) is 5.78 Å². The number of hydrogen-bond donors (Lipinski definition) is 2. The van der Waals surface area contributed by atoms with Crippen LogP contribution in [0.4, 0.5) is 0 Å². The van der Waals surface area contributed by atoms with Crippen molar-refractivity contribution in [2.75, 3.05) is 5.75 Å². The van der Waals surface area contributed by atoms with Crippen molar-refractivity contribution in [1.29, 1.82) is 0 Å². The van der Waals surface area contributed by atoms with Gasteiger partial charge in [-0.15, -0.1) is 0 Å². The summed E-state index contributed by atoms with van der Waals surface area (Å²) in [6.45, 7) is 0. The van der Waals surface area contributed by atoms with Crippen molar-refractivity contribution in [1.82, 2.24) is 9.97 Å². The highest BCUT2D eigenvalue weighted by molar-refractivity contribution is 7.80. The fourth-order valence-corrected chi connectivity index (χ4v) is 1.56. The van der Waals surface area contributed by atoms with Crippen molar-refractivity contribution >= 4 is 29.4 Å². The molecular formula is C10H10N2OS. The molecule has 3 nitrogen and oxygen atoms in total. The van der Waals surface area contributed by atoms with E-state index in [9.17, 15) is 4.79 Å². The highest BCUT2D eigenvalue weighted by atomic mass is 32.1. The van der Waals surface area contributed by atoms with Crippen LogP contribution in [-0.4, -0.2) is 21.5 Å². The number of nitrogens with zero attached hydrogens (tertiary/aromatic N) is 1. The van der Waals surface area contributed by atoms with E-state index in [0.29, 0.717) is 12.2 Å². The number of rotatable bonds is 3. The number of benzene rings is 1. The largest absolute Gasteiger partial charge is 0.345 e. The maximum absolute atomic E-state index is 11.5. The summed E-state index contributed by atoms with van der Waals surface area (Å²) >= 11 is 4.03. The summed E-state index contributed by atoms with van der Waals surface area (Å²) in [5.41, 5.74) is 2.50. The lowest BCUT2D eigenvalue weighted by molar-refractivity contribution is 0.0990. The third kappa shape index (κ3) is 1.65. The number of imidazole rings is 1. The predicted molar refractivity (Wildman–Crippen MR) is 58.9 cm³/mol. The fraction of sp³-hybridized carbons (Fsp3) is 0.200. The third-order valence-electron chi connectivity index (χ3n) is 2.08. The second kappa shape index (κ2) is 3.84. The lowest BCUT2D eigenvalue weighted by Gasteiger charge is -1.98. The smallest absolute Gasteiger partial charge is 0.163 e. The lowest BCUT2D eigenvalue weighted by atomic mass is 10.1. The van der Waals surface area contributed by atoms with Gasteiger partial charge in [0, 0.05) is 12.0 Å². The molecule has 0 atom stereocenters. The van der Waals surface area contributed by atoms with Crippen LogP contribution in [0.15, 0.2) is 24.5 Å². The number of carbonyl (C=O) groups is 1. The molecule has 4 heteroatoms. The highest BCUT2D eigenvalue weighted by Gasteiger charge is 2.05. The minimum atomic E-state index is 0.122. The van der Waals surface area contributed by atoms with Gasteiger partial charge in [0.2, 0.25) is 0 Å². The number of fused-ring (bicyclic) bond motifs is 1. The summed E-state index contributed by atoms with van der Waals surface area (Å²) in [6, 6.07) is 5.47. The van der Waals surface area contributed by atoms with Crippen molar-refractivity contribution in [2.45, 2.75) is 6.42 Å². The maximum Gasteiger partial charge on any atom is 0.163 e. The van der Waals surface area contributed by atoms with Crippen molar-refractivity contribution in [3.05, 3.63) is 30.1 Å². The number of ketones is 1. The number of aromatic amines is 1. The molecule has 0 spiro atoms. The molecule has 0 radical (unpaired) electrons. The number of hydrogen-bond acceptors (Lipinski definition) is 3. The Morgan fingerprint density at radius 1 is 1.50 bits per heavy atom. The van der Waals surface area contributed by atoms with Gasteiger partial charge in [0.25, 0.3) is 0 Å². The van der Waals surface area contributed by atoms with E-state index in [1.54, 1.807) is 12.4 Å². The van der Waals surface area contributed by atoms with Crippen LogP contribution in [-0.2, 0) is 0 Å². The zero-order valence-corrected chi connectivity index (χ0v) is 8.42. The Kier molecular flexibility index (Phi) is 2.54. The molecule has 0 aliphatic heterocycles. The van der Waals surface area contributed by atoms with Crippen LogP contribution in [0.1, 0.15) is 16.8 Å². The van der Waals surface area contributed by atoms with Gasteiger partial charge in [-0.2, -0.15) is 12.6 Å². The van der Waals surface area contributed by atoms with Crippen LogP contribution >= 0.6 is 12.6 Å². The van der Waals surface area contributed by atoms with Gasteiger partial charge in [0.1, 0.15) is 0 Å². The first-order chi connectivity index (χ1) is 6.81. The molecule has 1 heterocycles. The molecule has 1 N–H and O–H groups in total. The van der Waals surface area contributed by atoms with Gasteiger partial charge in [-0.05, 0) is 24.0 Å². The minimum absolute atomic E-state index is 0.122. The Morgan fingerprint density at radius 3 is 3.14 bits per heavy atom. The van der Waals surface area contributed by atoms with Gasteiger partial charge in [-0.1, -0.05) is 0 Å². The van der Waals surface area contributed by atoms with Crippen LogP contribution in [0, 0.1) is 0 Å².